The van der Waals surface area contributed by atoms with Gasteiger partial charge in [0.05, 0.1) is 27.4 Å². The number of halogens is 1. The third-order valence-electron chi connectivity index (χ3n) is 4.04. The van der Waals surface area contributed by atoms with Crippen molar-refractivity contribution in [2.45, 2.75) is 13.0 Å². The topological polar surface area (TPSA) is 155 Å². The molecule has 2 amide bonds. The Balaban J connectivity index is 1.87. The fourth-order valence-corrected chi connectivity index (χ4v) is 2.85. The minimum atomic E-state index is -1.25. The van der Waals surface area contributed by atoms with Crippen LogP contribution < -0.4 is 0 Å². The van der Waals surface area contributed by atoms with Crippen molar-refractivity contribution >= 4 is 46.5 Å². The first kappa shape index (κ1) is 20.7. The molecule has 1 heterocycles. The Labute approximate surface area is 173 Å². The molecule has 30 heavy (non-hydrogen) atoms. The molecule has 11 nitrogen and oxygen atoms in total. The van der Waals surface area contributed by atoms with Gasteiger partial charge in [-0.15, -0.1) is 0 Å². The first-order valence-electron chi connectivity index (χ1n) is 8.30. The second kappa shape index (κ2) is 8.17. The Bertz CT molecular complexity index is 1150. The highest BCUT2D eigenvalue weighted by Crippen LogP contribution is 2.25. The number of nitrogens with zero attached hydrogens (tertiary/aromatic N) is 5. The van der Waals surface area contributed by atoms with Crippen molar-refractivity contribution in [3.05, 3.63) is 68.7 Å². The lowest BCUT2D eigenvalue weighted by molar-refractivity contribution is -0.384. The lowest BCUT2D eigenvalue weighted by atomic mass is 10.1. The normalized spacial score (nSPS) is 16.1. The predicted molar refractivity (Wildman–Crippen MR) is 104 cm³/mol. The average Bonchev–Trinajstić information content (AvgIpc) is 2.99. The number of aromatic carboxylic acids is 1. The number of nitro benzene ring substituents is 1. The van der Waals surface area contributed by atoms with Gasteiger partial charge in [0.2, 0.25) is 0 Å². The molecule has 3 rings (SSSR count). The van der Waals surface area contributed by atoms with Gasteiger partial charge in [0, 0.05) is 17.2 Å². The smallest absolute Gasteiger partial charge is 0.337 e. The summed E-state index contributed by atoms with van der Waals surface area (Å²) in [5.74, 6) is -2.97. The van der Waals surface area contributed by atoms with E-state index in [1.54, 1.807) is 6.07 Å². The molecule has 1 atom stereocenters. The van der Waals surface area contributed by atoms with E-state index in [9.17, 15) is 29.6 Å². The van der Waals surface area contributed by atoms with Crippen molar-refractivity contribution < 1.29 is 24.4 Å². The van der Waals surface area contributed by atoms with Crippen LogP contribution in [-0.2, 0) is 4.79 Å². The van der Waals surface area contributed by atoms with Gasteiger partial charge in [-0.05, 0) is 25.1 Å². The third kappa shape index (κ3) is 4.05. The standard InChI is InChI=1S/C18H12ClN5O6/c1-9-15(21-20-14-5-3-2-4-13(14)18(27)28)17(26)23(22-9)16(25)10-6-11(19)8-12(7-10)24(29)30/h2-8,15H,1H3,(H,27,28)/t15-/m0/s1. The van der Waals surface area contributed by atoms with Gasteiger partial charge in [0.25, 0.3) is 17.5 Å². The van der Waals surface area contributed by atoms with Gasteiger partial charge in [-0.3, -0.25) is 19.7 Å². The molecular formula is C18H12ClN5O6. The minimum absolute atomic E-state index is 0.0286. The summed E-state index contributed by atoms with van der Waals surface area (Å²) in [7, 11) is 0. The van der Waals surface area contributed by atoms with Gasteiger partial charge in [0.1, 0.15) is 0 Å². The number of benzene rings is 2. The van der Waals surface area contributed by atoms with E-state index in [1.807, 2.05) is 0 Å². The van der Waals surface area contributed by atoms with Crippen molar-refractivity contribution in [3.63, 3.8) is 0 Å². The highest BCUT2D eigenvalue weighted by atomic mass is 35.5. The maximum absolute atomic E-state index is 12.7. The van der Waals surface area contributed by atoms with E-state index < -0.39 is 34.4 Å². The van der Waals surface area contributed by atoms with E-state index in [0.717, 1.165) is 12.1 Å². The van der Waals surface area contributed by atoms with Crippen LogP contribution in [-0.4, -0.2) is 44.6 Å². The Morgan fingerprint density at radius 1 is 1.27 bits per heavy atom. The highest BCUT2D eigenvalue weighted by molar-refractivity contribution is 6.31. The largest absolute Gasteiger partial charge is 0.478 e. The van der Waals surface area contributed by atoms with E-state index in [4.69, 9.17) is 11.6 Å². The Hall–Kier alpha value is -3.99. The van der Waals surface area contributed by atoms with Crippen LogP contribution in [0.5, 0.6) is 0 Å². The van der Waals surface area contributed by atoms with Crippen LogP contribution in [0.1, 0.15) is 27.6 Å². The molecule has 1 aliphatic rings. The molecule has 0 aromatic heterocycles. The predicted octanol–water partition coefficient (Wildman–Crippen LogP) is 3.46. The van der Waals surface area contributed by atoms with Crippen LogP contribution in [0.3, 0.4) is 0 Å². The first-order chi connectivity index (χ1) is 14.2. The molecular weight excluding hydrogens is 418 g/mol. The molecule has 0 fully saturated rings. The Morgan fingerprint density at radius 3 is 2.63 bits per heavy atom. The fraction of sp³-hybridized carbons (Fsp3) is 0.111. The van der Waals surface area contributed by atoms with E-state index >= 15 is 0 Å². The zero-order valence-electron chi connectivity index (χ0n) is 15.2. The number of nitro groups is 1. The summed E-state index contributed by atoms with van der Waals surface area (Å²) in [4.78, 5) is 46.8. The first-order valence-corrected chi connectivity index (χ1v) is 8.68. The molecule has 1 N–H and O–H groups in total. The number of rotatable bonds is 5. The zero-order valence-corrected chi connectivity index (χ0v) is 16.0. The summed E-state index contributed by atoms with van der Waals surface area (Å²) >= 11 is 5.82. The third-order valence-corrected chi connectivity index (χ3v) is 4.26. The van der Waals surface area contributed by atoms with Crippen LogP contribution in [0.2, 0.25) is 5.02 Å². The van der Waals surface area contributed by atoms with Crippen molar-refractivity contribution in [2.24, 2.45) is 15.3 Å². The average molecular weight is 430 g/mol. The molecule has 12 heteroatoms. The van der Waals surface area contributed by atoms with Crippen molar-refractivity contribution in [1.29, 1.82) is 0 Å². The Kier molecular flexibility index (Phi) is 5.65. The summed E-state index contributed by atoms with van der Waals surface area (Å²) in [5.41, 5.74) is -0.560. The van der Waals surface area contributed by atoms with E-state index in [-0.39, 0.29) is 27.5 Å². The molecule has 0 aliphatic carbocycles. The van der Waals surface area contributed by atoms with Crippen LogP contribution in [0.25, 0.3) is 0 Å². The molecule has 152 valence electrons. The van der Waals surface area contributed by atoms with Crippen molar-refractivity contribution in [2.75, 3.05) is 0 Å². The number of azo groups is 1. The number of carboxylic acids is 1. The van der Waals surface area contributed by atoms with Gasteiger partial charge in [-0.1, -0.05) is 23.7 Å². The summed E-state index contributed by atoms with van der Waals surface area (Å²) in [5, 5.41) is 32.2. The molecule has 0 bridgehead atoms. The number of hydrazone groups is 1. The number of amides is 2. The minimum Gasteiger partial charge on any atom is -0.478 e. The maximum atomic E-state index is 12.7. The summed E-state index contributed by atoms with van der Waals surface area (Å²) in [6.45, 7) is 1.44. The molecule has 0 spiro atoms. The molecule has 0 unspecified atom stereocenters. The number of carbonyl (C=O) groups excluding carboxylic acids is 2. The van der Waals surface area contributed by atoms with E-state index in [0.29, 0.717) is 5.01 Å². The molecule has 1 aliphatic heterocycles. The van der Waals surface area contributed by atoms with Gasteiger partial charge in [0.15, 0.2) is 6.04 Å². The lowest BCUT2D eigenvalue weighted by Gasteiger charge is -2.11. The second-order valence-electron chi connectivity index (χ2n) is 6.09. The quantitative estimate of drug-likeness (QED) is 0.332. The van der Waals surface area contributed by atoms with E-state index in [2.05, 4.69) is 15.3 Å². The molecule has 0 saturated carbocycles. The van der Waals surface area contributed by atoms with Crippen LogP contribution in [0.15, 0.2) is 57.8 Å². The van der Waals surface area contributed by atoms with E-state index in [1.165, 1.54) is 31.2 Å². The van der Waals surface area contributed by atoms with Crippen LogP contribution >= 0.6 is 11.6 Å². The number of hydrogen-bond acceptors (Lipinski definition) is 8. The van der Waals surface area contributed by atoms with Crippen LogP contribution in [0.4, 0.5) is 11.4 Å². The molecule has 0 saturated heterocycles. The second-order valence-corrected chi connectivity index (χ2v) is 6.53. The number of carboxylic acid groups (broad SMARTS) is 1. The van der Waals surface area contributed by atoms with Gasteiger partial charge in [-0.25, -0.2) is 4.79 Å². The number of imide groups is 1. The highest BCUT2D eigenvalue weighted by Gasteiger charge is 2.38. The van der Waals surface area contributed by atoms with Gasteiger partial charge in [-0.2, -0.15) is 20.3 Å². The van der Waals surface area contributed by atoms with Crippen molar-refractivity contribution in [1.82, 2.24) is 5.01 Å². The zero-order chi connectivity index (χ0) is 22.0. The molecule has 2 aromatic rings. The van der Waals surface area contributed by atoms with Gasteiger partial charge >= 0.3 is 5.97 Å². The summed E-state index contributed by atoms with van der Waals surface area (Å²) in [6.07, 6.45) is 0. The lowest BCUT2D eigenvalue weighted by Crippen LogP contribution is -2.34. The Morgan fingerprint density at radius 2 is 1.97 bits per heavy atom. The summed E-state index contributed by atoms with van der Waals surface area (Å²) in [6, 6.07) is 7.78. The summed E-state index contributed by atoms with van der Waals surface area (Å²) < 4.78 is 0. The molecule has 0 radical (unpaired) electrons. The maximum Gasteiger partial charge on any atom is 0.337 e. The fourth-order valence-electron chi connectivity index (χ4n) is 2.62. The number of hydrogen-bond donors (Lipinski definition) is 1. The monoisotopic (exact) mass is 429 g/mol. The van der Waals surface area contributed by atoms with Crippen molar-refractivity contribution in [3.8, 4) is 0 Å². The SMILES string of the molecule is CC1=NN(C(=O)c2cc(Cl)cc([N+](=O)[O-])c2)C(=O)[C@H]1N=Nc1ccccc1C(=O)O. The van der Waals surface area contributed by atoms with Crippen LogP contribution in [0, 0.1) is 10.1 Å². The molecule has 2 aromatic carbocycles. The number of carbonyl (C=O) groups is 3. The number of non-ortho nitro benzene ring substituents is 1. The van der Waals surface area contributed by atoms with Gasteiger partial charge < -0.3 is 5.11 Å².